The minimum atomic E-state index is -0.820. The van der Waals surface area contributed by atoms with Crippen molar-refractivity contribution in [1.82, 2.24) is 5.32 Å². The highest BCUT2D eigenvalue weighted by Gasteiger charge is 2.29. The van der Waals surface area contributed by atoms with Gasteiger partial charge < -0.3 is 19.9 Å². The first kappa shape index (κ1) is 18.3. The summed E-state index contributed by atoms with van der Waals surface area (Å²) in [5, 5.41) is 13.4. The second kappa shape index (κ2) is 8.70. The van der Waals surface area contributed by atoms with E-state index in [0.717, 1.165) is 17.1 Å². The monoisotopic (exact) mass is 357 g/mol. The number of hydrogen-bond acceptors (Lipinski definition) is 6. The van der Waals surface area contributed by atoms with E-state index in [1.165, 1.54) is 0 Å². The molecule has 2 N–H and O–H groups in total. The SMILES string of the molecule is COc1ccc(CC(=O)NCC2(O)CSCCSC2)cc1OC. The molecule has 0 saturated carbocycles. The van der Waals surface area contributed by atoms with Crippen molar-refractivity contribution in [2.75, 3.05) is 43.8 Å². The van der Waals surface area contributed by atoms with Crippen molar-refractivity contribution in [3.05, 3.63) is 23.8 Å². The van der Waals surface area contributed by atoms with Crippen molar-refractivity contribution < 1.29 is 19.4 Å². The van der Waals surface area contributed by atoms with Gasteiger partial charge in [0.05, 0.1) is 26.2 Å². The Labute approximate surface area is 145 Å². The molecule has 5 nitrogen and oxygen atoms in total. The number of carbonyl (C=O) groups is 1. The normalized spacial score (nSPS) is 17.2. The van der Waals surface area contributed by atoms with Crippen LogP contribution in [0.5, 0.6) is 11.5 Å². The fourth-order valence-corrected chi connectivity index (χ4v) is 4.82. The third-order valence-electron chi connectivity index (χ3n) is 3.54. The summed E-state index contributed by atoms with van der Waals surface area (Å²) in [5.74, 6) is 4.56. The van der Waals surface area contributed by atoms with E-state index >= 15 is 0 Å². The molecule has 1 fully saturated rings. The van der Waals surface area contributed by atoms with Crippen LogP contribution in [0.1, 0.15) is 5.56 Å². The molecular formula is C16H23NO4S2. The lowest BCUT2D eigenvalue weighted by Crippen LogP contribution is -2.47. The van der Waals surface area contributed by atoms with Crippen LogP contribution in [-0.2, 0) is 11.2 Å². The van der Waals surface area contributed by atoms with E-state index in [4.69, 9.17) is 9.47 Å². The van der Waals surface area contributed by atoms with Crippen LogP contribution in [0.4, 0.5) is 0 Å². The Morgan fingerprint density at radius 3 is 2.48 bits per heavy atom. The molecule has 0 spiro atoms. The third kappa shape index (κ3) is 5.51. The van der Waals surface area contributed by atoms with Gasteiger partial charge in [0.15, 0.2) is 11.5 Å². The molecule has 0 aromatic heterocycles. The second-order valence-corrected chi connectivity index (χ2v) is 7.68. The Hall–Kier alpha value is -1.05. The molecule has 0 atom stereocenters. The number of aliphatic hydroxyl groups is 1. The van der Waals surface area contributed by atoms with Gasteiger partial charge in [0.2, 0.25) is 5.91 Å². The molecule has 0 bridgehead atoms. The molecule has 128 valence electrons. The van der Waals surface area contributed by atoms with Gasteiger partial charge in [-0.3, -0.25) is 4.79 Å². The Bertz CT molecular complexity index is 531. The number of thioether (sulfide) groups is 2. The van der Waals surface area contributed by atoms with Crippen LogP contribution in [0.25, 0.3) is 0 Å². The van der Waals surface area contributed by atoms with Crippen molar-refractivity contribution in [3.8, 4) is 11.5 Å². The number of methoxy groups -OCH3 is 2. The summed E-state index contributed by atoms with van der Waals surface area (Å²) >= 11 is 3.47. The highest BCUT2D eigenvalue weighted by Crippen LogP contribution is 2.28. The maximum absolute atomic E-state index is 12.1. The van der Waals surface area contributed by atoms with Crippen LogP contribution in [0.3, 0.4) is 0 Å². The molecule has 1 amide bonds. The van der Waals surface area contributed by atoms with E-state index in [-0.39, 0.29) is 12.3 Å². The molecule has 1 heterocycles. The molecule has 7 heteroatoms. The molecular weight excluding hydrogens is 334 g/mol. The van der Waals surface area contributed by atoms with Crippen LogP contribution >= 0.6 is 23.5 Å². The van der Waals surface area contributed by atoms with Gasteiger partial charge in [0.25, 0.3) is 0 Å². The Kier molecular flexibility index (Phi) is 6.92. The van der Waals surface area contributed by atoms with Crippen molar-refractivity contribution >= 4 is 29.4 Å². The summed E-state index contributed by atoms with van der Waals surface area (Å²) in [6.45, 7) is 0.291. The van der Waals surface area contributed by atoms with Crippen LogP contribution in [-0.4, -0.2) is 60.4 Å². The average molecular weight is 357 g/mol. The Morgan fingerprint density at radius 2 is 1.87 bits per heavy atom. The molecule has 0 radical (unpaired) electrons. The van der Waals surface area contributed by atoms with Gasteiger partial charge in [-0.2, -0.15) is 23.5 Å². The van der Waals surface area contributed by atoms with Crippen LogP contribution in [0, 0.1) is 0 Å². The molecule has 23 heavy (non-hydrogen) atoms. The van der Waals surface area contributed by atoms with Crippen molar-refractivity contribution in [2.45, 2.75) is 12.0 Å². The van der Waals surface area contributed by atoms with E-state index < -0.39 is 5.60 Å². The van der Waals surface area contributed by atoms with Gasteiger partial charge in [-0.25, -0.2) is 0 Å². The highest BCUT2D eigenvalue weighted by atomic mass is 32.2. The number of amides is 1. The zero-order valence-corrected chi connectivity index (χ0v) is 15.1. The van der Waals surface area contributed by atoms with Gasteiger partial charge in [-0.05, 0) is 17.7 Å². The predicted octanol–water partition coefficient (Wildman–Crippen LogP) is 1.57. The van der Waals surface area contributed by atoms with E-state index in [9.17, 15) is 9.90 Å². The largest absolute Gasteiger partial charge is 0.493 e. The molecule has 1 aromatic rings. The summed E-state index contributed by atoms with van der Waals surface area (Å²) in [6, 6.07) is 5.42. The van der Waals surface area contributed by atoms with E-state index in [1.54, 1.807) is 49.9 Å². The smallest absolute Gasteiger partial charge is 0.224 e. The zero-order valence-electron chi connectivity index (χ0n) is 13.5. The fraction of sp³-hybridized carbons (Fsp3) is 0.562. The first-order chi connectivity index (χ1) is 11.1. The number of carbonyl (C=O) groups excluding carboxylic acids is 1. The van der Waals surface area contributed by atoms with Crippen LogP contribution in [0.2, 0.25) is 0 Å². The van der Waals surface area contributed by atoms with Crippen LogP contribution in [0.15, 0.2) is 18.2 Å². The van der Waals surface area contributed by atoms with Gasteiger partial charge >= 0.3 is 0 Å². The van der Waals surface area contributed by atoms with E-state index in [0.29, 0.717) is 29.5 Å². The van der Waals surface area contributed by atoms with Crippen molar-refractivity contribution in [3.63, 3.8) is 0 Å². The van der Waals surface area contributed by atoms with Gasteiger partial charge in [-0.1, -0.05) is 6.07 Å². The quantitative estimate of drug-likeness (QED) is 0.806. The lowest BCUT2D eigenvalue weighted by atomic mass is 10.1. The minimum absolute atomic E-state index is 0.107. The lowest BCUT2D eigenvalue weighted by Gasteiger charge is -2.25. The van der Waals surface area contributed by atoms with Crippen molar-refractivity contribution in [2.24, 2.45) is 0 Å². The summed E-state index contributed by atoms with van der Waals surface area (Å²) < 4.78 is 10.4. The highest BCUT2D eigenvalue weighted by molar-refractivity contribution is 8.03. The molecule has 1 aliphatic rings. The second-order valence-electron chi connectivity index (χ2n) is 5.47. The number of nitrogens with one attached hydrogen (secondary N) is 1. The zero-order chi connectivity index (χ0) is 16.7. The number of hydrogen-bond donors (Lipinski definition) is 2. The molecule has 1 aliphatic heterocycles. The summed E-state index contributed by atoms with van der Waals surface area (Å²) in [5.41, 5.74) is 0.0239. The molecule has 2 rings (SSSR count). The Balaban J connectivity index is 1.89. The lowest BCUT2D eigenvalue weighted by molar-refractivity contribution is -0.121. The first-order valence-electron chi connectivity index (χ1n) is 7.42. The number of ether oxygens (including phenoxy) is 2. The molecule has 0 aliphatic carbocycles. The minimum Gasteiger partial charge on any atom is -0.493 e. The van der Waals surface area contributed by atoms with Gasteiger partial charge in [-0.15, -0.1) is 0 Å². The number of rotatable bonds is 6. The van der Waals surface area contributed by atoms with Gasteiger partial charge in [0.1, 0.15) is 0 Å². The molecule has 1 saturated heterocycles. The predicted molar refractivity (Wildman–Crippen MR) is 95.9 cm³/mol. The first-order valence-corrected chi connectivity index (χ1v) is 9.73. The van der Waals surface area contributed by atoms with Crippen LogP contribution < -0.4 is 14.8 Å². The maximum atomic E-state index is 12.1. The Morgan fingerprint density at radius 1 is 1.22 bits per heavy atom. The maximum Gasteiger partial charge on any atom is 0.224 e. The summed E-state index contributed by atoms with van der Waals surface area (Å²) in [6.07, 6.45) is 0.247. The summed E-state index contributed by atoms with van der Waals surface area (Å²) in [7, 11) is 3.15. The van der Waals surface area contributed by atoms with Crippen molar-refractivity contribution in [1.29, 1.82) is 0 Å². The topological polar surface area (TPSA) is 67.8 Å². The molecule has 1 aromatic carbocycles. The van der Waals surface area contributed by atoms with E-state index in [2.05, 4.69) is 5.32 Å². The third-order valence-corrected chi connectivity index (χ3v) is 6.27. The standard InChI is InChI=1S/C16H23NO4S2/c1-20-13-4-3-12(7-14(13)21-2)8-15(18)17-9-16(19)10-22-5-6-23-11-16/h3-4,7,19H,5-6,8-11H2,1-2H3,(H,17,18). The van der Waals surface area contributed by atoms with Gasteiger partial charge in [0, 0.05) is 29.6 Å². The number of benzene rings is 1. The fourth-order valence-electron chi connectivity index (χ4n) is 2.29. The average Bonchev–Trinajstić information content (AvgIpc) is 2.78. The van der Waals surface area contributed by atoms with E-state index in [1.807, 2.05) is 6.07 Å². The summed E-state index contributed by atoms with van der Waals surface area (Å²) in [4.78, 5) is 12.1. The molecule has 0 unspecified atom stereocenters.